The van der Waals surface area contributed by atoms with Crippen LogP contribution in [0, 0.1) is 5.92 Å². The summed E-state index contributed by atoms with van der Waals surface area (Å²) in [5.41, 5.74) is 0. The largest absolute Gasteiger partial charge is 0.335 e. The van der Waals surface area contributed by atoms with E-state index in [4.69, 9.17) is 0 Å². The van der Waals surface area contributed by atoms with Gasteiger partial charge in [0.05, 0.1) is 8.66 Å². The zero-order chi connectivity index (χ0) is 13.8. The average molecular weight is 345 g/mol. The van der Waals surface area contributed by atoms with Gasteiger partial charge in [0.2, 0.25) is 0 Å². The Labute approximate surface area is 127 Å². The van der Waals surface area contributed by atoms with Crippen LogP contribution in [0.4, 0.5) is 0 Å². The zero-order valence-electron chi connectivity index (χ0n) is 11.5. The van der Waals surface area contributed by atoms with E-state index in [1.165, 1.54) is 24.2 Å². The molecule has 0 saturated carbocycles. The standard InChI is InChI=1S/C14H21BrN2OS/c1-10(2)17(9-11-4-3-7-16-8-11)14(18)12-5-6-13(15)19-12/h5-6,10-11,16H,3-4,7-9H2,1-2H3. The summed E-state index contributed by atoms with van der Waals surface area (Å²) in [4.78, 5) is 15.4. The molecule has 1 aromatic rings. The smallest absolute Gasteiger partial charge is 0.264 e. The van der Waals surface area contributed by atoms with Gasteiger partial charge in [0.15, 0.2) is 0 Å². The second kappa shape index (κ2) is 6.86. The number of nitrogens with zero attached hydrogens (tertiary/aromatic N) is 1. The Kier molecular flexibility index (Phi) is 5.42. The van der Waals surface area contributed by atoms with Crippen molar-refractivity contribution in [2.24, 2.45) is 5.92 Å². The monoisotopic (exact) mass is 344 g/mol. The zero-order valence-corrected chi connectivity index (χ0v) is 13.9. The first kappa shape index (κ1) is 15.0. The number of thiophene rings is 1. The van der Waals surface area contributed by atoms with Gasteiger partial charge in [0.25, 0.3) is 5.91 Å². The molecule has 0 aromatic carbocycles. The van der Waals surface area contributed by atoms with Crippen LogP contribution in [0.1, 0.15) is 36.4 Å². The number of rotatable bonds is 4. The third-order valence-electron chi connectivity index (χ3n) is 3.52. The van der Waals surface area contributed by atoms with E-state index in [1.807, 2.05) is 17.0 Å². The molecule has 1 unspecified atom stereocenters. The lowest BCUT2D eigenvalue weighted by Gasteiger charge is -2.32. The second-order valence-corrected chi connectivity index (χ2v) is 7.83. The summed E-state index contributed by atoms with van der Waals surface area (Å²) in [6.45, 7) is 7.20. The van der Waals surface area contributed by atoms with Crippen molar-refractivity contribution in [3.63, 3.8) is 0 Å². The van der Waals surface area contributed by atoms with Crippen LogP contribution >= 0.6 is 27.3 Å². The first-order valence-corrected chi connectivity index (χ1v) is 8.46. The highest BCUT2D eigenvalue weighted by Crippen LogP contribution is 2.25. The summed E-state index contributed by atoms with van der Waals surface area (Å²) in [6.07, 6.45) is 2.44. The van der Waals surface area contributed by atoms with Crippen LogP contribution < -0.4 is 5.32 Å². The molecule has 1 atom stereocenters. The number of piperidine rings is 1. The number of carbonyl (C=O) groups is 1. The second-order valence-electron chi connectivity index (χ2n) is 5.37. The average Bonchev–Trinajstić information content (AvgIpc) is 2.83. The Hall–Kier alpha value is -0.390. The van der Waals surface area contributed by atoms with Crippen molar-refractivity contribution >= 4 is 33.2 Å². The van der Waals surface area contributed by atoms with E-state index < -0.39 is 0 Å². The van der Waals surface area contributed by atoms with Gasteiger partial charge in [-0.15, -0.1) is 11.3 Å². The van der Waals surface area contributed by atoms with E-state index in [9.17, 15) is 4.79 Å². The van der Waals surface area contributed by atoms with E-state index in [0.717, 1.165) is 28.3 Å². The number of hydrogen-bond acceptors (Lipinski definition) is 3. The highest BCUT2D eigenvalue weighted by atomic mass is 79.9. The summed E-state index contributed by atoms with van der Waals surface area (Å²) in [7, 11) is 0. The van der Waals surface area contributed by atoms with Crippen molar-refractivity contribution in [2.45, 2.75) is 32.7 Å². The highest BCUT2D eigenvalue weighted by molar-refractivity contribution is 9.11. The molecule has 2 rings (SSSR count). The van der Waals surface area contributed by atoms with Crippen molar-refractivity contribution in [3.8, 4) is 0 Å². The molecular formula is C14H21BrN2OS. The van der Waals surface area contributed by atoms with Gasteiger partial charge in [-0.2, -0.15) is 0 Å². The third kappa shape index (κ3) is 4.04. The van der Waals surface area contributed by atoms with Crippen molar-refractivity contribution in [3.05, 3.63) is 20.8 Å². The SMILES string of the molecule is CC(C)N(CC1CCCNC1)C(=O)c1ccc(Br)s1. The molecule has 1 aliphatic rings. The van der Waals surface area contributed by atoms with Crippen LogP contribution in [0.3, 0.4) is 0 Å². The molecule has 3 nitrogen and oxygen atoms in total. The minimum atomic E-state index is 0.163. The van der Waals surface area contributed by atoms with Crippen LogP contribution in [0.2, 0.25) is 0 Å². The number of amides is 1. The van der Waals surface area contributed by atoms with Gasteiger partial charge < -0.3 is 10.2 Å². The fourth-order valence-electron chi connectivity index (χ4n) is 2.46. The molecule has 0 aliphatic carbocycles. The molecule has 19 heavy (non-hydrogen) atoms. The Balaban J connectivity index is 2.04. The molecule has 1 amide bonds. The Morgan fingerprint density at radius 2 is 2.37 bits per heavy atom. The first-order valence-electron chi connectivity index (χ1n) is 6.85. The maximum absolute atomic E-state index is 12.6. The quantitative estimate of drug-likeness (QED) is 0.908. The summed E-state index contributed by atoms with van der Waals surface area (Å²) >= 11 is 4.94. The molecule has 0 radical (unpaired) electrons. The Morgan fingerprint density at radius 3 is 2.89 bits per heavy atom. The lowest BCUT2D eigenvalue weighted by molar-refractivity contribution is 0.0666. The maximum atomic E-state index is 12.6. The molecule has 5 heteroatoms. The van der Waals surface area contributed by atoms with Crippen LogP contribution in [0.5, 0.6) is 0 Å². The number of halogens is 1. The predicted octanol–water partition coefficient (Wildman–Crippen LogP) is 3.36. The molecule has 1 aliphatic heterocycles. The van der Waals surface area contributed by atoms with E-state index in [1.54, 1.807) is 0 Å². The summed E-state index contributed by atoms with van der Waals surface area (Å²) < 4.78 is 1.01. The molecule has 0 spiro atoms. The predicted molar refractivity (Wildman–Crippen MR) is 83.8 cm³/mol. The van der Waals surface area contributed by atoms with Crippen molar-refractivity contribution in [1.29, 1.82) is 0 Å². The third-order valence-corrected chi connectivity index (χ3v) is 5.13. The van der Waals surface area contributed by atoms with Crippen molar-refractivity contribution in [2.75, 3.05) is 19.6 Å². The van der Waals surface area contributed by atoms with Gasteiger partial charge >= 0.3 is 0 Å². The summed E-state index contributed by atoms with van der Waals surface area (Å²) in [5, 5.41) is 3.42. The first-order chi connectivity index (χ1) is 9.08. The van der Waals surface area contributed by atoms with Gasteiger partial charge in [-0.25, -0.2) is 0 Å². The van der Waals surface area contributed by atoms with Crippen molar-refractivity contribution in [1.82, 2.24) is 10.2 Å². The minimum Gasteiger partial charge on any atom is -0.335 e. The number of nitrogens with one attached hydrogen (secondary N) is 1. The lowest BCUT2D eigenvalue weighted by atomic mass is 9.98. The molecule has 1 fully saturated rings. The van der Waals surface area contributed by atoms with E-state index >= 15 is 0 Å². The van der Waals surface area contributed by atoms with E-state index in [-0.39, 0.29) is 11.9 Å². The molecule has 1 saturated heterocycles. The van der Waals surface area contributed by atoms with Gasteiger partial charge in [-0.3, -0.25) is 4.79 Å². The minimum absolute atomic E-state index is 0.163. The number of carbonyl (C=O) groups excluding carboxylic acids is 1. The van der Waals surface area contributed by atoms with Crippen LogP contribution in [0.25, 0.3) is 0 Å². The van der Waals surface area contributed by atoms with Crippen LogP contribution in [0.15, 0.2) is 15.9 Å². The fourth-order valence-corrected chi connectivity index (χ4v) is 3.80. The molecule has 1 N–H and O–H groups in total. The Bertz CT molecular complexity index is 427. The summed E-state index contributed by atoms with van der Waals surface area (Å²) in [6, 6.07) is 4.10. The number of hydrogen-bond donors (Lipinski definition) is 1. The lowest BCUT2D eigenvalue weighted by Crippen LogP contribution is -2.44. The molecular weight excluding hydrogens is 324 g/mol. The normalized spacial score (nSPS) is 19.7. The molecule has 1 aromatic heterocycles. The highest BCUT2D eigenvalue weighted by Gasteiger charge is 2.24. The van der Waals surface area contributed by atoms with Gasteiger partial charge in [0.1, 0.15) is 0 Å². The van der Waals surface area contributed by atoms with Crippen LogP contribution in [-0.4, -0.2) is 36.5 Å². The molecule has 106 valence electrons. The Morgan fingerprint density at radius 1 is 1.58 bits per heavy atom. The van der Waals surface area contributed by atoms with Crippen LogP contribution in [-0.2, 0) is 0 Å². The topological polar surface area (TPSA) is 32.3 Å². The van der Waals surface area contributed by atoms with E-state index in [2.05, 4.69) is 35.1 Å². The van der Waals surface area contributed by atoms with Gasteiger partial charge in [-0.05, 0) is 73.8 Å². The summed E-state index contributed by atoms with van der Waals surface area (Å²) in [5.74, 6) is 0.750. The fraction of sp³-hybridized carbons (Fsp3) is 0.643. The maximum Gasteiger partial charge on any atom is 0.264 e. The van der Waals surface area contributed by atoms with E-state index in [0.29, 0.717) is 5.92 Å². The van der Waals surface area contributed by atoms with Gasteiger partial charge in [0, 0.05) is 12.6 Å². The molecule has 0 bridgehead atoms. The molecule has 2 heterocycles. The van der Waals surface area contributed by atoms with Gasteiger partial charge in [-0.1, -0.05) is 0 Å². The van der Waals surface area contributed by atoms with Crippen molar-refractivity contribution < 1.29 is 4.79 Å².